The molecule has 2 aromatic carbocycles. The van der Waals surface area contributed by atoms with Gasteiger partial charge in [-0.1, -0.05) is 66.3 Å². The highest BCUT2D eigenvalue weighted by Gasteiger charge is 2.35. The maximum atomic E-state index is 13.2. The Labute approximate surface area is 243 Å². The lowest BCUT2D eigenvalue weighted by Gasteiger charge is -2.28. The summed E-state index contributed by atoms with van der Waals surface area (Å²) in [4.78, 5) is 31.9. The van der Waals surface area contributed by atoms with Crippen LogP contribution in [-0.2, 0) is 20.1 Å². The summed E-state index contributed by atoms with van der Waals surface area (Å²) in [6, 6.07) is 14.3. The van der Waals surface area contributed by atoms with E-state index in [2.05, 4.69) is 16.9 Å². The van der Waals surface area contributed by atoms with Crippen molar-refractivity contribution in [3.8, 4) is 5.75 Å². The van der Waals surface area contributed by atoms with Crippen LogP contribution >= 0.6 is 23.4 Å². The Balaban J connectivity index is 1.60. The van der Waals surface area contributed by atoms with Gasteiger partial charge in [0.1, 0.15) is 18.4 Å². The second kappa shape index (κ2) is 13.5. The van der Waals surface area contributed by atoms with Crippen molar-refractivity contribution in [2.75, 3.05) is 31.6 Å². The number of esters is 1. The predicted octanol–water partition coefficient (Wildman–Crippen LogP) is 5.49. The quantitative estimate of drug-likeness (QED) is 0.170. The van der Waals surface area contributed by atoms with Crippen molar-refractivity contribution in [3.05, 3.63) is 88.6 Å². The molecule has 11 heteroatoms. The number of hydrogen-bond donors (Lipinski definition) is 1. The Bertz CT molecular complexity index is 1400. The van der Waals surface area contributed by atoms with E-state index in [-0.39, 0.29) is 19.1 Å². The van der Waals surface area contributed by atoms with Crippen molar-refractivity contribution >= 4 is 41.2 Å². The first kappa shape index (κ1) is 29.2. The van der Waals surface area contributed by atoms with E-state index in [1.165, 1.54) is 17.8 Å². The first-order valence-corrected chi connectivity index (χ1v) is 14.3. The van der Waals surface area contributed by atoms with E-state index >= 15 is 0 Å². The van der Waals surface area contributed by atoms with Crippen LogP contribution in [0.5, 0.6) is 5.75 Å². The molecule has 1 amide bonds. The number of likely N-dealkylation sites (N-methyl/N-ethyl adjacent to an activating group) is 1. The summed E-state index contributed by atoms with van der Waals surface area (Å²) in [5.74, 6) is 1.09. The molecule has 1 unspecified atom stereocenters. The highest BCUT2D eigenvalue weighted by Crippen LogP contribution is 2.37. The largest absolute Gasteiger partial charge is 0.484 e. The van der Waals surface area contributed by atoms with Crippen LogP contribution in [0.25, 0.3) is 0 Å². The molecule has 1 N–H and O–H groups in total. The zero-order chi connectivity index (χ0) is 28.6. The molecule has 1 aliphatic rings. The summed E-state index contributed by atoms with van der Waals surface area (Å²) in [5.41, 5.74) is 2.78. The summed E-state index contributed by atoms with van der Waals surface area (Å²) < 4.78 is 12.8. The van der Waals surface area contributed by atoms with Crippen LogP contribution in [0.4, 0.5) is 5.95 Å². The van der Waals surface area contributed by atoms with E-state index in [4.69, 9.17) is 26.2 Å². The average molecular weight is 582 g/mol. The number of nitrogens with one attached hydrogen (secondary N) is 1. The standard InChI is InChI=1S/C29H32ClN5O4S/c1-5-16-38-27(37)25-19(4)31-28-32-29(40-18-21-10-8-9-11-23(21)30)33-35(28)26(25)20-12-14-22(15-13-20)39-17-24(36)34(6-2)7-3/h5,8-15,26H,1,6-7,16-18H2,2-4H3,(H,31,32,33). The zero-order valence-electron chi connectivity index (χ0n) is 22.7. The molecule has 1 aromatic heterocycles. The van der Waals surface area contributed by atoms with E-state index in [1.807, 2.05) is 57.2 Å². The molecule has 9 nitrogen and oxygen atoms in total. The first-order valence-electron chi connectivity index (χ1n) is 12.9. The van der Waals surface area contributed by atoms with Gasteiger partial charge >= 0.3 is 5.97 Å². The number of aromatic nitrogens is 3. The van der Waals surface area contributed by atoms with E-state index in [0.29, 0.717) is 52.0 Å². The Kier molecular flexibility index (Phi) is 9.89. The van der Waals surface area contributed by atoms with Gasteiger partial charge in [-0.15, -0.1) is 5.10 Å². The fourth-order valence-electron chi connectivity index (χ4n) is 4.29. The lowest BCUT2D eigenvalue weighted by Crippen LogP contribution is -2.34. The normalized spacial score (nSPS) is 14.2. The third-order valence-electron chi connectivity index (χ3n) is 6.37. The Hall–Kier alpha value is -3.76. The summed E-state index contributed by atoms with van der Waals surface area (Å²) in [7, 11) is 0. The number of anilines is 1. The van der Waals surface area contributed by atoms with Gasteiger partial charge in [0.2, 0.25) is 11.1 Å². The minimum absolute atomic E-state index is 0.0498. The van der Waals surface area contributed by atoms with Gasteiger partial charge < -0.3 is 19.7 Å². The van der Waals surface area contributed by atoms with E-state index < -0.39 is 12.0 Å². The van der Waals surface area contributed by atoms with Crippen molar-refractivity contribution in [2.45, 2.75) is 37.7 Å². The van der Waals surface area contributed by atoms with Crippen molar-refractivity contribution in [3.63, 3.8) is 0 Å². The van der Waals surface area contributed by atoms with Gasteiger partial charge in [0.05, 0.1) is 5.57 Å². The van der Waals surface area contributed by atoms with Crippen LogP contribution in [0.1, 0.15) is 37.9 Å². The van der Waals surface area contributed by atoms with Gasteiger partial charge in [0.15, 0.2) is 6.61 Å². The molecule has 210 valence electrons. The molecular formula is C29H32ClN5O4S. The van der Waals surface area contributed by atoms with E-state index in [1.54, 1.807) is 21.7 Å². The number of carbonyl (C=O) groups excluding carboxylic acids is 2. The molecule has 0 bridgehead atoms. The number of hydrogen-bond acceptors (Lipinski definition) is 8. The topological polar surface area (TPSA) is 98.6 Å². The fourth-order valence-corrected chi connectivity index (χ4v) is 5.41. The zero-order valence-corrected chi connectivity index (χ0v) is 24.3. The molecule has 0 spiro atoms. The lowest BCUT2D eigenvalue weighted by molar-refractivity contribution is -0.138. The molecular weight excluding hydrogens is 550 g/mol. The minimum atomic E-state index is -0.595. The molecule has 40 heavy (non-hydrogen) atoms. The number of ether oxygens (including phenoxy) is 2. The van der Waals surface area contributed by atoms with Crippen LogP contribution in [0, 0.1) is 0 Å². The molecule has 1 atom stereocenters. The summed E-state index contributed by atoms with van der Waals surface area (Å²) in [5, 5.41) is 9.16. The summed E-state index contributed by atoms with van der Waals surface area (Å²) in [6.07, 6.45) is 1.52. The van der Waals surface area contributed by atoms with E-state index in [0.717, 1.165) is 11.1 Å². The predicted molar refractivity (Wildman–Crippen MR) is 157 cm³/mol. The van der Waals surface area contributed by atoms with Crippen LogP contribution < -0.4 is 10.1 Å². The SMILES string of the molecule is C=CCOC(=O)C1=C(C)Nc2nc(SCc3ccccc3Cl)nn2C1c1ccc(OCC(=O)N(CC)CC)cc1. The molecule has 3 aromatic rings. The van der Waals surface area contributed by atoms with Crippen molar-refractivity contribution < 1.29 is 19.1 Å². The Morgan fingerprint density at radius 3 is 2.58 bits per heavy atom. The molecule has 1 aliphatic heterocycles. The number of benzene rings is 2. The molecule has 0 aliphatic carbocycles. The highest BCUT2D eigenvalue weighted by atomic mass is 35.5. The van der Waals surface area contributed by atoms with Gasteiger partial charge in [-0.25, -0.2) is 9.48 Å². The van der Waals surface area contributed by atoms with Crippen LogP contribution in [-0.4, -0.2) is 57.8 Å². The molecule has 4 rings (SSSR count). The molecule has 0 radical (unpaired) electrons. The van der Waals surface area contributed by atoms with Gasteiger partial charge in [-0.2, -0.15) is 4.98 Å². The number of halogens is 1. The van der Waals surface area contributed by atoms with E-state index in [9.17, 15) is 9.59 Å². The number of nitrogens with zero attached hydrogens (tertiary/aromatic N) is 4. The molecule has 0 saturated heterocycles. The average Bonchev–Trinajstić information content (AvgIpc) is 3.37. The number of rotatable bonds is 12. The molecule has 2 heterocycles. The number of thioether (sulfide) groups is 1. The van der Waals surface area contributed by atoms with Gasteiger partial charge in [0, 0.05) is 29.6 Å². The van der Waals surface area contributed by atoms with Crippen LogP contribution in [0.2, 0.25) is 5.02 Å². The maximum Gasteiger partial charge on any atom is 0.338 e. The summed E-state index contributed by atoms with van der Waals surface area (Å²) in [6.45, 7) is 10.6. The van der Waals surface area contributed by atoms with Gasteiger partial charge in [0.25, 0.3) is 5.91 Å². The summed E-state index contributed by atoms with van der Waals surface area (Å²) >= 11 is 7.77. The third-order valence-corrected chi connectivity index (χ3v) is 7.63. The first-order chi connectivity index (χ1) is 19.4. The van der Waals surface area contributed by atoms with Crippen molar-refractivity contribution in [1.29, 1.82) is 0 Å². The molecule has 0 fully saturated rings. The van der Waals surface area contributed by atoms with Crippen LogP contribution in [0.15, 0.2) is 77.6 Å². The van der Waals surface area contributed by atoms with Crippen molar-refractivity contribution in [1.82, 2.24) is 19.7 Å². The Morgan fingerprint density at radius 2 is 1.90 bits per heavy atom. The number of allylic oxidation sites excluding steroid dienone is 1. The number of carbonyl (C=O) groups is 2. The molecule has 0 saturated carbocycles. The fraction of sp³-hybridized carbons (Fsp3) is 0.310. The highest BCUT2D eigenvalue weighted by molar-refractivity contribution is 7.98. The second-order valence-electron chi connectivity index (χ2n) is 8.92. The van der Waals surface area contributed by atoms with Crippen LogP contribution in [0.3, 0.4) is 0 Å². The lowest BCUT2D eigenvalue weighted by atomic mass is 9.96. The second-order valence-corrected chi connectivity index (χ2v) is 10.3. The maximum absolute atomic E-state index is 13.2. The smallest absolute Gasteiger partial charge is 0.338 e. The number of fused-ring (bicyclic) bond motifs is 1. The van der Waals surface area contributed by atoms with Gasteiger partial charge in [-0.05, 0) is 50.1 Å². The van der Waals surface area contributed by atoms with Crippen molar-refractivity contribution in [2.24, 2.45) is 0 Å². The Morgan fingerprint density at radius 1 is 1.18 bits per heavy atom. The van der Waals surface area contributed by atoms with Gasteiger partial charge in [-0.3, -0.25) is 4.79 Å². The minimum Gasteiger partial charge on any atom is -0.484 e. The third kappa shape index (κ3) is 6.68. The monoisotopic (exact) mass is 581 g/mol. The number of amides is 1.